The lowest BCUT2D eigenvalue weighted by molar-refractivity contribution is 0.279. The molecule has 1 aliphatic heterocycles. The molecule has 23 heavy (non-hydrogen) atoms. The van der Waals surface area contributed by atoms with Crippen LogP contribution in [0.1, 0.15) is 29.9 Å². The van der Waals surface area contributed by atoms with Gasteiger partial charge in [-0.25, -0.2) is 4.98 Å². The van der Waals surface area contributed by atoms with E-state index in [-0.39, 0.29) is 24.8 Å². The summed E-state index contributed by atoms with van der Waals surface area (Å²) in [5.41, 5.74) is 9.09. The van der Waals surface area contributed by atoms with Gasteiger partial charge < -0.3 is 21.3 Å². The third-order valence-electron chi connectivity index (χ3n) is 4.27. The highest BCUT2D eigenvalue weighted by Crippen LogP contribution is 2.34. The summed E-state index contributed by atoms with van der Waals surface area (Å²) in [7, 11) is 0. The zero-order valence-electron chi connectivity index (χ0n) is 12.8. The molecule has 1 aromatic heterocycles. The average Bonchev–Trinajstić information content (AvgIpc) is 2.55. The lowest BCUT2D eigenvalue weighted by atomic mass is 9.88. The van der Waals surface area contributed by atoms with Gasteiger partial charge in [0.25, 0.3) is 0 Å². The van der Waals surface area contributed by atoms with Crippen LogP contribution >= 0.6 is 12.4 Å². The molecule has 1 aliphatic rings. The van der Waals surface area contributed by atoms with Crippen molar-refractivity contribution in [3.05, 3.63) is 41.5 Å². The number of nitrogen functional groups attached to an aromatic ring is 1. The van der Waals surface area contributed by atoms with E-state index in [0.29, 0.717) is 28.6 Å². The fraction of sp³-hybridized carbons (Fsp3) is 0.353. The van der Waals surface area contributed by atoms with Gasteiger partial charge in [0.1, 0.15) is 11.6 Å². The summed E-state index contributed by atoms with van der Waals surface area (Å²) in [6.07, 6.45) is 2.16. The lowest BCUT2D eigenvalue weighted by Gasteiger charge is -2.26. The minimum absolute atomic E-state index is 0. The molecule has 0 bridgehead atoms. The third-order valence-corrected chi connectivity index (χ3v) is 4.27. The van der Waals surface area contributed by atoms with Gasteiger partial charge in [-0.3, -0.25) is 0 Å². The van der Waals surface area contributed by atoms with Crippen molar-refractivity contribution < 1.29 is 10.2 Å². The summed E-state index contributed by atoms with van der Waals surface area (Å²) in [6.45, 7) is 1.78. The Hall–Kier alpha value is -1.82. The third kappa shape index (κ3) is 3.58. The number of nitrogens with two attached hydrogens (primary N) is 1. The average molecular weight is 336 g/mol. The molecule has 5 N–H and O–H groups in total. The highest BCUT2D eigenvalue weighted by molar-refractivity contribution is 5.85. The zero-order chi connectivity index (χ0) is 15.5. The van der Waals surface area contributed by atoms with E-state index in [2.05, 4.69) is 10.3 Å². The number of aromatic nitrogens is 1. The number of aromatic hydroxyl groups is 1. The topological polar surface area (TPSA) is 91.4 Å². The SMILES string of the molecule is Cl.Nc1nc(-c2ccccc2O)cc(C2CCCNC2)c1CO. The Bertz CT molecular complexity index is 673. The van der Waals surface area contributed by atoms with E-state index < -0.39 is 0 Å². The summed E-state index contributed by atoms with van der Waals surface area (Å²) in [4.78, 5) is 4.37. The molecule has 5 nitrogen and oxygen atoms in total. The van der Waals surface area contributed by atoms with Crippen LogP contribution in [-0.4, -0.2) is 28.3 Å². The molecule has 0 spiro atoms. The number of phenols is 1. The van der Waals surface area contributed by atoms with Gasteiger partial charge in [0.2, 0.25) is 0 Å². The Morgan fingerprint density at radius 1 is 1.30 bits per heavy atom. The number of nitrogens with one attached hydrogen (secondary N) is 1. The predicted molar refractivity (Wildman–Crippen MR) is 93.8 cm³/mol. The van der Waals surface area contributed by atoms with E-state index in [1.807, 2.05) is 18.2 Å². The fourth-order valence-electron chi connectivity index (χ4n) is 3.09. The highest BCUT2D eigenvalue weighted by atomic mass is 35.5. The molecule has 3 rings (SSSR count). The highest BCUT2D eigenvalue weighted by Gasteiger charge is 2.21. The quantitative estimate of drug-likeness (QED) is 0.691. The maximum atomic E-state index is 10.0. The number of hydrogen-bond donors (Lipinski definition) is 4. The van der Waals surface area contributed by atoms with Crippen molar-refractivity contribution in [2.45, 2.75) is 25.4 Å². The standard InChI is InChI=1S/C17H21N3O2.ClH/c18-17-14(10-21)13(11-4-3-7-19-9-11)8-15(20-17)12-5-1-2-6-16(12)22;/h1-2,5-6,8,11,19,21-22H,3-4,7,9-10H2,(H2,18,20);1H. The number of pyridine rings is 1. The fourth-order valence-corrected chi connectivity index (χ4v) is 3.09. The van der Waals surface area contributed by atoms with E-state index in [4.69, 9.17) is 5.73 Å². The van der Waals surface area contributed by atoms with Gasteiger partial charge in [-0.15, -0.1) is 12.4 Å². The van der Waals surface area contributed by atoms with Gasteiger partial charge in [-0.05, 0) is 49.1 Å². The summed E-state index contributed by atoms with van der Waals surface area (Å²) in [5.74, 6) is 0.827. The number of phenolic OH excluding ortho intramolecular Hbond substituents is 1. The number of hydrogen-bond acceptors (Lipinski definition) is 5. The van der Waals surface area contributed by atoms with E-state index in [9.17, 15) is 10.2 Å². The molecule has 1 fully saturated rings. The Morgan fingerprint density at radius 3 is 2.74 bits per heavy atom. The van der Waals surface area contributed by atoms with E-state index >= 15 is 0 Å². The number of nitrogens with zero attached hydrogens (tertiary/aromatic N) is 1. The summed E-state index contributed by atoms with van der Waals surface area (Å²) < 4.78 is 0. The second-order valence-electron chi connectivity index (χ2n) is 5.68. The second kappa shape index (κ2) is 7.64. The normalized spacial score (nSPS) is 17.5. The Kier molecular flexibility index (Phi) is 5.82. The van der Waals surface area contributed by atoms with E-state index in [1.54, 1.807) is 12.1 Å². The largest absolute Gasteiger partial charge is 0.507 e. The van der Waals surface area contributed by atoms with Crippen molar-refractivity contribution in [3.8, 4) is 17.0 Å². The van der Waals surface area contributed by atoms with Crippen LogP contribution in [0.25, 0.3) is 11.3 Å². The second-order valence-corrected chi connectivity index (χ2v) is 5.68. The molecule has 1 saturated heterocycles. The number of rotatable bonds is 3. The molecule has 0 amide bonds. The molecule has 2 heterocycles. The van der Waals surface area contributed by atoms with E-state index in [0.717, 1.165) is 31.5 Å². The molecular formula is C17H22ClN3O2. The summed E-state index contributed by atoms with van der Waals surface area (Å²) >= 11 is 0. The Balaban J connectivity index is 0.00000192. The first-order valence-electron chi connectivity index (χ1n) is 7.60. The maximum Gasteiger partial charge on any atom is 0.129 e. The number of anilines is 1. The zero-order valence-corrected chi connectivity index (χ0v) is 13.6. The van der Waals surface area contributed by atoms with Gasteiger partial charge in [-0.1, -0.05) is 12.1 Å². The molecule has 124 valence electrons. The van der Waals surface area contributed by atoms with Gasteiger partial charge >= 0.3 is 0 Å². The number of benzene rings is 1. The van der Waals surface area contributed by atoms with Crippen LogP contribution in [-0.2, 0) is 6.61 Å². The van der Waals surface area contributed by atoms with Crippen LogP contribution in [0.3, 0.4) is 0 Å². The number of piperidine rings is 1. The Labute approximate surface area is 142 Å². The van der Waals surface area contributed by atoms with Gasteiger partial charge in [0.05, 0.1) is 12.3 Å². The number of para-hydroxylation sites is 1. The van der Waals surface area contributed by atoms with Gasteiger partial charge in [-0.2, -0.15) is 0 Å². The van der Waals surface area contributed by atoms with Crippen LogP contribution in [0.15, 0.2) is 30.3 Å². The molecule has 1 atom stereocenters. The van der Waals surface area contributed by atoms with Crippen molar-refractivity contribution >= 4 is 18.2 Å². The number of aliphatic hydroxyl groups is 1. The maximum absolute atomic E-state index is 10.0. The first-order chi connectivity index (χ1) is 10.7. The minimum atomic E-state index is -0.119. The van der Waals surface area contributed by atoms with Crippen LogP contribution in [0.4, 0.5) is 5.82 Å². The van der Waals surface area contributed by atoms with Crippen LogP contribution in [0.2, 0.25) is 0 Å². The Morgan fingerprint density at radius 2 is 2.09 bits per heavy atom. The molecule has 2 aromatic rings. The predicted octanol–water partition coefficient (Wildman–Crippen LogP) is 2.42. The number of aliphatic hydroxyl groups excluding tert-OH is 1. The lowest BCUT2D eigenvalue weighted by Crippen LogP contribution is -2.29. The van der Waals surface area contributed by atoms with E-state index in [1.165, 1.54) is 0 Å². The van der Waals surface area contributed by atoms with Crippen LogP contribution in [0.5, 0.6) is 5.75 Å². The summed E-state index contributed by atoms with van der Waals surface area (Å²) in [5, 5.41) is 23.1. The minimum Gasteiger partial charge on any atom is -0.507 e. The molecule has 1 unspecified atom stereocenters. The molecule has 0 radical (unpaired) electrons. The van der Waals surface area contributed by atoms with Crippen molar-refractivity contribution in [1.82, 2.24) is 10.3 Å². The first-order valence-corrected chi connectivity index (χ1v) is 7.60. The van der Waals surface area contributed by atoms with Crippen molar-refractivity contribution in [2.75, 3.05) is 18.8 Å². The first kappa shape index (κ1) is 17.5. The van der Waals surface area contributed by atoms with Crippen molar-refractivity contribution in [3.63, 3.8) is 0 Å². The van der Waals surface area contributed by atoms with Crippen molar-refractivity contribution in [2.24, 2.45) is 0 Å². The molecule has 6 heteroatoms. The molecule has 0 saturated carbocycles. The summed E-state index contributed by atoms with van der Waals surface area (Å²) in [6, 6.07) is 9.03. The monoisotopic (exact) mass is 335 g/mol. The van der Waals surface area contributed by atoms with Crippen LogP contribution in [0, 0.1) is 0 Å². The van der Waals surface area contributed by atoms with Gasteiger partial charge in [0.15, 0.2) is 0 Å². The van der Waals surface area contributed by atoms with Gasteiger partial charge in [0, 0.05) is 17.7 Å². The van der Waals surface area contributed by atoms with Crippen LogP contribution < -0.4 is 11.1 Å². The van der Waals surface area contributed by atoms with Crippen molar-refractivity contribution in [1.29, 1.82) is 0 Å². The smallest absolute Gasteiger partial charge is 0.129 e. The molecule has 1 aromatic carbocycles. The number of halogens is 1. The molecular weight excluding hydrogens is 314 g/mol. The molecule has 0 aliphatic carbocycles.